The number of imide groups is 1. The van der Waals surface area contributed by atoms with Gasteiger partial charge in [0.2, 0.25) is 5.91 Å². The van der Waals surface area contributed by atoms with Crippen molar-refractivity contribution in [1.29, 1.82) is 0 Å². The third-order valence-electron chi connectivity index (χ3n) is 6.74. The van der Waals surface area contributed by atoms with E-state index >= 15 is 0 Å². The Hall–Kier alpha value is -3.56. The van der Waals surface area contributed by atoms with E-state index in [0.717, 1.165) is 16.7 Å². The van der Waals surface area contributed by atoms with E-state index in [2.05, 4.69) is 5.32 Å². The van der Waals surface area contributed by atoms with Crippen molar-refractivity contribution in [3.8, 4) is 0 Å². The first-order valence-electron chi connectivity index (χ1n) is 11.9. The van der Waals surface area contributed by atoms with Crippen molar-refractivity contribution in [2.45, 2.75) is 36.6 Å². The summed E-state index contributed by atoms with van der Waals surface area (Å²) in [6, 6.07) is 28.7. The molecule has 2 aliphatic rings. The summed E-state index contributed by atoms with van der Waals surface area (Å²) in [6.07, 6.45) is -4.56. The molecule has 0 spiro atoms. The van der Waals surface area contributed by atoms with Crippen LogP contribution in [-0.4, -0.2) is 64.7 Å². The molecule has 2 heterocycles. The Balaban J connectivity index is 1.47. The van der Waals surface area contributed by atoms with Gasteiger partial charge >= 0.3 is 6.03 Å². The first-order valence-corrected chi connectivity index (χ1v) is 11.9. The number of hydrogen-bond acceptors (Lipinski definition) is 6. The Bertz CT molecular complexity index is 1090. The van der Waals surface area contributed by atoms with Gasteiger partial charge in [-0.25, -0.2) is 4.79 Å². The average Bonchev–Trinajstić information content (AvgIpc) is 3.19. The molecule has 4 atom stereocenters. The van der Waals surface area contributed by atoms with Gasteiger partial charge in [-0.2, -0.15) is 0 Å². The van der Waals surface area contributed by atoms with Crippen LogP contribution in [-0.2, 0) is 19.9 Å². The number of ether oxygens (including phenoxy) is 2. The molecule has 8 heteroatoms. The maximum atomic E-state index is 12.3. The van der Waals surface area contributed by atoms with Crippen LogP contribution >= 0.6 is 0 Å². The van der Waals surface area contributed by atoms with Crippen LogP contribution < -0.4 is 5.32 Å². The maximum absolute atomic E-state index is 12.3. The van der Waals surface area contributed by atoms with E-state index < -0.39 is 36.2 Å². The number of benzene rings is 3. The molecule has 0 aliphatic carbocycles. The Morgan fingerprint density at radius 2 is 1.33 bits per heavy atom. The van der Waals surface area contributed by atoms with Crippen molar-refractivity contribution in [2.24, 2.45) is 0 Å². The number of rotatable bonds is 7. The number of nitrogens with zero attached hydrogens (tertiary/aromatic N) is 1. The number of hydrogen-bond donors (Lipinski definition) is 3. The van der Waals surface area contributed by atoms with Crippen molar-refractivity contribution in [2.75, 3.05) is 13.2 Å². The van der Waals surface area contributed by atoms with Crippen molar-refractivity contribution in [1.82, 2.24) is 10.2 Å². The van der Waals surface area contributed by atoms with E-state index in [1.54, 1.807) is 0 Å². The fourth-order valence-electron chi connectivity index (χ4n) is 4.92. The van der Waals surface area contributed by atoms with Crippen LogP contribution in [0.5, 0.6) is 0 Å². The van der Waals surface area contributed by atoms with Crippen molar-refractivity contribution in [3.05, 3.63) is 108 Å². The van der Waals surface area contributed by atoms with Crippen LogP contribution in [0, 0.1) is 0 Å². The number of amides is 3. The predicted molar refractivity (Wildman–Crippen MR) is 131 cm³/mol. The molecule has 0 radical (unpaired) electrons. The summed E-state index contributed by atoms with van der Waals surface area (Å²) >= 11 is 0. The second-order valence-electron chi connectivity index (χ2n) is 8.93. The number of aliphatic hydroxyl groups excluding tert-OH is 2. The fraction of sp³-hybridized carbons (Fsp3) is 0.286. The number of carbonyl (C=O) groups is 2. The van der Waals surface area contributed by atoms with Gasteiger partial charge in [0.05, 0.1) is 6.61 Å². The van der Waals surface area contributed by atoms with Crippen LogP contribution in [0.4, 0.5) is 4.79 Å². The number of nitrogens with one attached hydrogen (secondary N) is 1. The van der Waals surface area contributed by atoms with E-state index in [1.165, 1.54) is 4.90 Å². The third kappa shape index (κ3) is 4.40. The maximum Gasteiger partial charge on any atom is 0.326 e. The van der Waals surface area contributed by atoms with E-state index in [9.17, 15) is 19.8 Å². The Kier molecular flexibility index (Phi) is 6.84. The smallest absolute Gasteiger partial charge is 0.326 e. The molecule has 0 aromatic heterocycles. The number of carbonyl (C=O) groups excluding carboxylic acids is 2. The monoisotopic (exact) mass is 488 g/mol. The predicted octanol–water partition coefficient (Wildman–Crippen LogP) is 2.38. The molecular formula is C28H28N2O6. The minimum Gasteiger partial charge on any atom is -0.387 e. The fourth-order valence-corrected chi connectivity index (χ4v) is 4.92. The molecule has 186 valence electrons. The van der Waals surface area contributed by atoms with E-state index in [1.807, 2.05) is 91.0 Å². The van der Waals surface area contributed by atoms with Gasteiger partial charge in [-0.05, 0) is 16.7 Å². The topological polar surface area (TPSA) is 108 Å². The van der Waals surface area contributed by atoms with Gasteiger partial charge in [-0.15, -0.1) is 0 Å². The van der Waals surface area contributed by atoms with Gasteiger partial charge in [-0.3, -0.25) is 15.0 Å². The van der Waals surface area contributed by atoms with Gasteiger partial charge in [-0.1, -0.05) is 91.0 Å². The molecular weight excluding hydrogens is 460 g/mol. The van der Waals surface area contributed by atoms with E-state index in [-0.39, 0.29) is 25.5 Å². The minimum absolute atomic E-state index is 0.0677. The SMILES string of the molecule is O=C1CCN(C2OC(COC(c3ccccc3)(c3ccccc3)c3ccccc3)C(O)C2O)C(=O)N1. The number of aliphatic hydroxyl groups is 2. The summed E-state index contributed by atoms with van der Waals surface area (Å²) in [4.78, 5) is 25.1. The average molecular weight is 489 g/mol. The quantitative estimate of drug-likeness (QED) is 0.441. The number of urea groups is 1. The summed E-state index contributed by atoms with van der Waals surface area (Å²) in [5, 5.41) is 23.8. The summed E-state index contributed by atoms with van der Waals surface area (Å²) in [6.45, 7) is 0.0243. The molecule has 0 bridgehead atoms. The molecule has 0 saturated carbocycles. The highest BCUT2D eigenvalue weighted by molar-refractivity contribution is 5.96. The first kappa shape index (κ1) is 24.1. The molecule has 3 N–H and O–H groups in total. The molecule has 2 saturated heterocycles. The summed E-state index contributed by atoms with van der Waals surface area (Å²) < 4.78 is 12.7. The van der Waals surface area contributed by atoms with Gasteiger partial charge in [0.1, 0.15) is 23.9 Å². The van der Waals surface area contributed by atoms with E-state index in [0.29, 0.717) is 0 Å². The lowest BCUT2D eigenvalue weighted by atomic mass is 9.80. The Morgan fingerprint density at radius 3 is 1.81 bits per heavy atom. The molecule has 3 aromatic rings. The second kappa shape index (κ2) is 10.2. The molecule has 2 aliphatic heterocycles. The molecule has 2 fully saturated rings. The Labute approximate surface area is 209 Å². The lowest BCUT2D eigenvalue weighted by Gasteiger charge is -2.37. The van der Waals surface area contributed by atoms with Gasteiger partial charge in [0.25, 0.3) is 0 Å². The zero-order valence-corrected chi connectivity index (χ0v) is 19.6. The minimum atomic E-state index is -1.35. The summed E-state index contributed by atoms with van der Waals surface area (Å²) in [5.74, 6) is -0.387. The Morgan fingerprint density at radius 1 is 0.833 bits per heavy atom. The molecule has 3 amide bonds. The van der Waals surface area contributed by atoms with E-state index in [4.69, 9.17) is 9.47 Å². The van der Waals surface area contributed by atoms with Crippen molar-refractivity contribution >= 4 is 11.9 Å². The lowest BCUT2D eigenvalue weighted by Crippen LogP contribution is -2.56. The molecule has 4 unspecified atom stereocenters. The van der Waals surface area contributed by atoms with Crippen LogP contribution in [0.2, 0.25) is 0 Å². The first-order chi connectivity index (χ1) is 17.5. The highest BCUT2D eigenvalue weighted by Gasteiger charge is 2.49. The van der Waals surface area contributed by atoms with Gasteiger partial charge in [0, 0.05) is 13.0 Å². The standard InChI is InChI=1S/C28H28N2O6/c31-23-16-17-30(27(34)29-23)26-25(33)24(32)22(36-26)18-35-28(19-10-4-1-5-11-19,20-12-6-2-7-13-20)21-14-8-3-9-15-21/h1-15,22,24-26,32-33H,16-18H2,(H,29,31,34). The van der Waals surface area contributed by atoms with Crippen LogP contribution in [0.15, 0.2) is 91.0 Å². The molecule has 36 heavy (non-hydrogen) atoms. The van der Waals surface area contributed by atoms with Crippen molar-refractivity contribution < 1.29 is 29.3 Å². The van der Waals surface area contributed by atoms with Crippen molar-refractivity contribution in [3.63, 3.8) is 0 Å². The second-order valence-corrected chi connectivity index (χ2v) is 8.93. The zero-order chi connectivity index (χ0) is 25.1. The largest absolute Gasteiger partial charge is 0.387 e. The van der Waals surface area contributed by atoms with Gasteiger partial charge < -0.3 is 19.7 Å². The third-order valence-corrected chi connectivity index (χ3v) is 6.74. The lowest BCUT2D eigenvalue weighted by molar-refractivity contribution is -0.127. The van der Waals surface area contributed by atoms with Crippen LogP contribution in [0.1, 0.15) is 23.1 Å². The molecule has 5 rings (SSSR count). The van der Waals surface area contributed by atoms with Crippen LogP contribution in [0.25, 0.3) is 0 Å². The van der Waals surface area contributed by atoms with Gasteiger partial charge in [0.15, 0.2) is 6.23 Å². The highest BCUT2D eigenvalue weighted by atomic mass is 16.6. The molecule has 3 aromatic carbocycles. The zero-order valence-electron chi connectivity index (χ0n) is 19.6. The molecule has 8 nitrogen and oxygen atoms in total. The van der Waals surface area contributed by atoms with Crippen LogP contribution in [0.3, 0.4) is 0 Å². The highest BCUT2D eigenvalue weighted by Crippen LogP contribution is 2.41. The summed E-state index contributed by atoms with van der Waals surface area (Å²) in [7, 11) is 0. The normalized spacial score (nSPS) is 24.6. The summed E-state index contributed by atoms with van der Waals surface area (Å²) in [5.41, 5.74) is 1.65.